The summed E-state index contributed by atoms with van der Waals surface area (Å²) < 4.78 is 40.5. The van der Waals surface area contributed by atoms with Gasteiger partial charge in [0.15, 0.2) is 11.5 Å². The number of methoxy groups -OCH3 is 1. The molecule has 0 bridgehead atoms. The highest BCUT2D eigenvalue weighted by Gasteiger charge is 2.17. The Kier molecular flexibility index (Phi) is 8.71. The molecule has 174 valence electrons. The highest BCUT2D eigenvalue weighted by molar-refractivity contribution is 6.19. The van der Waals surface area contributed by atoms with E-state index in [4.69, 9.17) is 15.9 Å². The Balaban J connectivity index is 1.68. The summed E-state index contributed by atoms with van der Waals surface area (Å²) in [6.07, 6.45) is 10.7. The standard InChI is InChI=1S/C26H27F2NO4/c1-3-14-32-23-11-8-18(15-24(23)31-2)12-13-29-25(30)22(17-33-26(27)28)21-10-9-19-6-4-5-7-20(19)16-21/h1,8-11,15-17,26H,4-7,12-14H2,2H3,(H,29,30)/b22-17-. The van der Waals surface area contributed by atoms with Crippen LogP contribution in [0.25, 0.3) is 5.57 Å². The fourth-order valence-electron chi connectivity index (χ4n) is 3.79. The van der Waals surface area contributed by atoms with Gasteiger partial charge in [0.25, 0.3) is 5.91 Å². The van der Waals surface area contributed by atoms with Gasteiger partial charge in [0.2, 0.25) is 0 Å². The van der Waals surface area contributed by atoms with Crippen LogP contribution < -0.4 is 14.8 Å². The monoisotopic (exact) mass is 455 g/mol. The van der Waals surface area contributed by atoms with Crippen molar-refractivity contribution < 1.29 is 27.8 Å². The summed E-state index contributed by atoms with van der Waals surface area (Å²) >= 11 is 0. The van der Waals surface area contributed by atoms with Crippen molar-refractivity contribution >= 4 is 11.5 Å². The number of fused-ring (bicyclic) bond motifs is 1. The van der Waals surface area contributed by atoms with Crippen molar-refractivity contribution in [3.63, 3.8) is 0 Å². The zero-order valence-electron chi connectivity index (χ0n) is 18.5. The third-order valence-electron chi connectivity index (χ3n) is 5.43. The summed E-state index contributed by atoms with van der Waals surface area (Å²) in [5.41, 5.74) is 3.92. The molecular formula is C26H27F2NO4. The van der Waals surface area contributed by atoms with Crippen LogP contribution in [0.1, 0.15) is 35.1 Å². The van der Waals surface area contributed by atoms with Gasteiger partial charge in [0.1, 0.15) is 12.9 Å². The van der Waals surface area contributed by atoms with Crippen LogP contribution in [-0.4, -0.2) is 32.8 Å². The number of benzene rings is 2. The van der Waals surface area contributed by atoms with E-state index in [2.05, 4.69) is 16.0 Å². The number of hydrogen-bond donors (Lipinski definition) is 1. The molecule has 0 heterocycles. The summed E-state index contributed by atoms with van der Waals surface area (Å²) in [5.74, 6) is 2.99. The zero-order valence-corrected chi connectivity index (χ0v) is 18.5. The second kappa shape index (κ2) is 11.9. The average molecular weight is 456 g/mol. The lowest BCUT2D eigenvalue weighted by molar-refractivity contribution is -0.116. The summed E-state index contributed by atoms with van der Waals surface area (Å²) in [7, 11) is 1.53. The lowest BCUT2D eigenvalue weighted by atomic mass is 9.89. The topological polar surface area (TPSA) is 56.8 Å². The van der Waals surface area contributed by atoms with Crippen LogP contribution in [0.4, 0.5) is 8.78 Å². The second-order valence-electron chi connectivity index (χ2n) is 7.60. The van der Waals surface area contributed by atoms with Crippen LogP contribution in [-0.2, 0) is 28.8 Å². The SMILES string of the molecule is C#CCOc1ccc(CCNC(=O)/C(=C\OC(F)F)c2ccc3c(c2)CCCC3)cc1OC. The molecule has 1 N–H and O–H groups in total. The van der Waals surface area contributed by atoms with Crippen LogP contribution in [0.2, 0.25) is 0 Å². The van der Waals surface area contributed by atoms with Gasteiger partial charge in [-0.25, -0.2) is 0 Å². The summed E-state index contributed by atoms with van der Waals surface area (Å²) in [6, 6.07) is 11.0. The molecule has 0 spiro atoms. The number of ether oxygens (including phenoxy) is 3. The Morgan fingerprint density at radius 2 is 1.94 bits per heavy atom. The molecule has 1 amide bonds. The van der Waals surface area contributed by atoms with E-state index in [1.54, 1.807) is 18.2 Å². The number of hydrogen-bond acceptors (Lipinski definition) is 4. The number of nitrogens with one attached hydrogen (secondary N) is 1. The largest absolute Gasteiger partial charge is 0.493 e. The average Bonchev–Trinajstić information content (AvgIpc) is 2.83. The first-order chi connectivity index (χ1) is 16.0. The molecule has 1 aliphatic carbocycles. The van der Waals surface area contributed by atoms with Crippen molar-refractivity contribution in [2.45, 2.75) is 38.7 Å². The van der Waals surface area contributed by atoms with Gasteiger partial charge in [-0.2, -0.15) is 8.78 Å². The molecule has 0 radical (unpaired) electrons. The molecule has 5 nitrogen and oxygen atoms in total. The van der Waals surface area contributed by atoms with Crippen molar-refractivity contribution in [1.82, 2.24) is 5.32 Å². The molecule has 0 fully saturated rings. The molecule has 0 aliphatic heterocycles. The van der Waals surface area contributed by atoms with Crippen LogP contribution in [0.3, 0.4) is 0 Å². The Morgan fingerprint density at radius 3 is 2.67 bits per heavy atom. The Morgan fingerprint density at radius 1 is 1.15 bits per heavy atom. The highest BCUT2D eigenvalue weighted by Crippen LogP contribution is 2.28. The van der Waals surface area contributed by atoms with Gasteiger partial charge in [-0.3, -0.25) is 4.79 Å². The number of amides is 1. The van der Waals surface area contributed by atoms with Gasteiger partial charge in [0, 0.05) is 6.54 Å². The second-order valence-corrected chi connectivity index (χ2v) is 7.60. The van der Waals surface area contributed by atoms with Crippen LogP contribution in [0.5, 0.6) is 11.5 Å². The Labute approximate surface area is 192 Å². The number of rotatable bonds is 10. The fourth-order valence-corrected chi connectivity index (χ4v) is 3.79. The van der Waals surface area contributed by atoms with Crippen molar-refractivity contribution in [2.24, 2.45) is 0 Å². The number of aryl methyl sites for hydroxylation is 2. The van der Waals surface area contributed by atoms with E-state index in [0.29, 0.717) is 30.0 Å². The molecule has 7 heteroatoms. The Bertz CT molecular complexity index is 1040. The lowest BCUT2D eigenvalue weighted by Crippen LogP contribution is -2.27. The zero-order chi connectivity index (χ0) is 23.6. The quantitative estimate of drug-likeness (QED) is 0.325. The molecule has 0 saturated heterocycles. The van der Waals surface area contributed by atoms with E-state index in [1.165, 1.54) is 12.7 Å². The summed E-state index contributed by atoms with van der Waals surface area (Å²) in [6.45, 7) is -2.58. The number of carbonyl (C=O) groups excluding carboxylic acids is 1. The van der Waals surface area contributed by atoms with Gasteiger partial charge >= 0.3 is 6.61 Å². The van der Waals surface area contributed by atoms with Crippen LogP contribution >= 0.6 is 0 Å². The van der Waals surface area contributed by atoms with E-state index in [-0.39, 0.29) is 12.2 Å². The van der Waals surface area contributed by atoms with Crippen molar-refractivity contribution in [2.75, 3.05) is 20.3 Å². The van der Waals surface area contributed by atoms with Gasteiger partial charge in [-0.1, -0.05) is 30.2 Å². The maximum Gasteiger partial charge on any atom is 0.386 e. The number of terminal acetylenes is 1. The first-order valence-corrected chi connectivity index (χ1v) is 10.8. The van der Waals surface area contributed by atoms with Gasteiger partial charge < -0.3 is 19.5 Å². The van der Waals surface area contributed by atoms with Crippen LogP contribution in [0.15, 0.2) is 42.7 Å². The first kappa shape index (κ1) is 24.1. The first-order valence-electron chi connectivity index (χ1n) is 10.8. The summed E-state index contributed by atoms with van der Waals surface area (Å²) in [4.78, 5) is 12.8. The normalized spacial score (nSPS) is 13.1. The van der Waals surface area contributed by atoms with E-state index < -0.39 is 12.5 Å². The molecular weight excluding hydrogens is 428 g/mol. The lowest BCUT2D eigenvalue weighted by Gasteiger charge is -2.17. The minimum absolute atomic E-state index is 0.0688. The van der Waals surface area contributed by atoms with Crippen LogP contribution in [0, 0.1) is 12.3 Å². The maximum absolute atomic E-state index is 12.8. The predicted molar refractivity (Wildman–Crippen MR) is 122 cm³/mol. The van der Waals surface area contributed by atoms with Crippen molar-refractivity contribution in [3.8, 4) is 23.8 Å². The molecule has 1 aliphatic rings. The van der Waals surface area contributed by atoms with Gasteiger partial charge in [0.05, 0.1) is 12.7 Å². The maximum atomic E-state index is 12.8. The number of alkyl halides is 2. The van der Waals surface area contributed by atoms with E-state index >= 15 is 0 Å². The minimum atomic E-state index is -3.01. The Hall–Kier alpha value is -3.53. The minimum Gasteiger partial charge on any atom is -0.493 e. The summed E-state index contributed by atoms with van der Waals surface area (Å²) in [5, 5.41) is 2.79. The third kappa shape index (κ3) is 6.72. The number of carbonyl (C=O) groups is 1. The van der Waals surface area contributed by atoms with E-state index in [0.717, 1.165) is 43.1 Å². The molecule has 0 atom stereocenters. The molecule has 2 aromatic carbocycles. The molecule has 0 unspecified atom stereocenters. The number of halogens is 2. The highest BCUT2D eigenvalue weighted by atomic mass is 19.3. The molecule has 2 aromatic rings. The molecule has 0 saturated carbocycles. The predicted octanol–water partition coefficient (Wildman–Crippen LogP) is 4.53. The molecule has 3 rings (SSSR count). The van der Waals surface area contributed by atoms with Crippen molar-refractivity contribution in [1.29, 1.82) is 0 Å². The molecule has 0 aromatic heterocycles. The van der Waals surface area contributed by atoms with Gasteiger partial charge in [-0.05, 0) is 66.5 Å². The van der Waals surface area contributed by atoms with Crippen molar-refractivity contribution in [3.05, 3.63) is 64.9 Å². The van der Waals surface area contributed by atoms with E-state index in [9.17, 15) is 13.6 Å². The third-order valence-corrected chi connectivity index (χ3v) is 5.43. The fraction of sp³-hybridized carbons (Fsp3) is 0.346. The smallest absolute Gasteiger partial charge is 0.386 e. The van der Waals surface area contributed by atoms with Gasteiger partial charge in [-0.15, -0.1) is 6.42 Å². The molecule has 33 heavy (non-hydrogen) atoms. The van der Waals surface area contributed by atoms with E-state index in [1.807, 2.05) is 18.2 Å².